The second-order valence-electron chi connectivity index (χ2n) is 7.88. The summed E-state index contributed by atoms with van der Waals surface area (Å²) in [6, 6.07) is 11.8. The van der Waals surface area contributed by atoms with Crippen molar-refractivity contribution in [1.82, 2.24) is 15.0 Å². The Morgan fingerprint density at radius 3 is 2.17 bits per heavy atom. The Morgan fingerprint density at radius 1 is 1.00 bits per heavy atom. The van der Waals surface area contributed by atoms with Gasteiger partial charge in [-0.2, -0.15) is 28.1 Å². The molecule has 1 aliphatic carbocycles. The van der Waals surface area contributed by atoms with Crippen LogP contribution in [0.5, 0.6) is 6.01 Å². The van der Waals surface area contributed by atoms with Crippen LogP contribution in [-0.2, 0) is 10.3 Å². The zero-order chi connectivity index (χ0) is 26.1. The number of aliphatic hydroxyl groups is 2. The molecule has 0 bridgehead atoms. The third kappa shape index (κ3) is 5.58. The van der Waals surface area contributed by atoms with Crippen LogP contribution in [0.3, 0.4) is 0 Å². The van der Waals surface area contributed by atoms with Gasteiger partial charge in [0.2, 0.25) is 11.9 Å². The molecule has 0 atom stereocenters. The molecule has 0 saturated heterocycles. The average Bonchev–Trinajstić information content (AvgIpc) is 3.58. The number of esters is 1. The first-order chi connectivity index (χ1) is 16.9. The zero-order valence-corrected chi connectivity index (χ0v) is 19.3. The minimum absolute atomic E-state index is 0.181. The summed E-state index contributed by atoms with van der Waals surface area (Å²) in [4.78, 5) is 23.3. The lowest BCUT2D eigenvalue weighted by molar-refractivity contribution is -0.430. The number of carbonyl (C=O) groups excluding carboxylic acids is 1. The zero-order valence-electron chi connectivity index (χ0n) is 18.5. The van der Waals surface area contributed by atoms with Gasteiger partial charge in [0, 0.05) is 10.7 Å². The quantitative estimate of drug-likeness (QED) is 0.254. The molecule has 3 aromatic rings. The fourth-order valence-corrected chi connectivity index (χ4v) is 3.36. The van der Waals surface area contributed by atoms with Crippen LogP contribution in [-0.4, -0.2) is 50.4 Å². The number of anilines is 3. The van der Waals surface area contributed by atoms with E-state index in [1.54, 1.807) is 24.3 Å². The number of benzene rings is 2. The molecule has 4 rings (SSSR count). The van der Waals surface area contributed by atoms with E-state index < -0.39 is 29.7 Å². The highest BCUT2D eigenvalue weighted by Gasteiger charge is 2.57. The van der Waals surface area contributed by atoms with Crippen molar-refractivity contribution >= 4 is 35.2 Å². The maximum atomic E-state index is 13.0. The molecule has 1 heterocycles. The maximum absolute atomic E-state index is 13.0. The molecule has 0 aliphatic heterocycles. The lowest BCUT2D eigenvalue weighted by atomic mass is 10.1. The van der Waals surface area contributed by atoms with E-state index in [2.05, 4.69) is 35.1 Å². The number of carbonyl (C=O) groups is 1. The minimum Gasteiger partial charge on any atom is -0.465 e. The molecule has 36 heavy (non-hydrogen) atoms. The summed E-state index contributed by atoms with van der Waals surface area (Å²) in [5.74, 6) is -5.55. The highest BCUT2D eigenvalue weighted by Crippen LogP contribution is 2.48. The van der Waals surface area contributed by atoms with E-state index in [0.717, 1.165) is 5.56 Å². The summed E-state index contributed by atoms with van der Waals surface area (Å²) >= 11 is 5.95. The first-order valence-corrected chi connectivity index (χ1v) is 10.7. The number of nitrogens with one attached hydrogen (secondary N) is 2. The van der Waals surface area contributed by atoms with E-state index in [9.17, 15) is 28.2 Å². The monoisotopic (exact) mass is 525 g/mol. The summed E-state index contributed by atoms with van der Waals surface area (Å²) in [6.45, 7) is 0. The first-order valence-electron chi connectivity index (χ1n) is 10.4. The van der Waals surface area contributed by atoms with Gasteiger partial charge in [0.1, 0.15) is 0 Å². The average molecular weight is 526 g/mol. The minimum atomic E-state index is -5.55. The van der Waals surface area contributed by atoms with E-state index >= 15 is 0 Å². The van der Waals surface area contributed by atoms with Gasteiger partial charge in [0.15, 0.2) is 0 Å². The van der Waals surface area contributed by atoms with Crippen LogP contribution in [0.1, 0.15) is 28.8 Å². The summed E-state index contributed by atoms with van der Waals surface area (Å²) in [5, 5.41) is 25.0. The Hall–Kier alpha value is -3.68. The number of rotatable bonds is 8. The van der Waals surface area contributed by atoms with Crippen LogP contribution in [0.2, 0.25) is 5.02 Å². The second kappa shape index (κ2) is 9.41. The molecular formula is C22H19ClF3N5O5. The molecule has 1 aromatic heterocycles. The predicted molar refractivity (Wildman–Crippen MR) is 121 cm³/mol. The Morgan fingerprint density at radius 2 is 1.61 bits per heavy atom. The van der Waals surface area contributed by atoms with Gasteiger partial charge < -0.3 is 30.3 Å². The lowest BCUT2D eigenvalue weighted by Crippen LogP contribution is -2.50. The molecular weight excluding hydrogens is 507 g/mol. The first kappa shape index (κ1) is 25.4. The maximum Gasteiger partial charge on any atom is 0.486 e. The fraction of sp³-hybridized carbons (Fsp3) is 0.273. The van der Waals surface area contributed by atoms with Crippen LogP contribution < -0.4 is 15.4 Å². The highest BCUT2D eigenvalue weighted by atomic mass is 35.5. The van der Waals surface area contributed by atoms with Gasteiger partial charge in [-0.15, -0.1) is 0 Å². The van der Waals surface area contributed by atoms with Gasteiger partial charge in [-0.3, -0.25) is 0 Å². The van der Waals surface area contributed by atoms with Crippen molar-refractivity contribution in [1.29, 1.82) is 0 Å². The molecule has 0 amide bonds. The van der Waals surface area contributed by atoms with E-state index in [-0.39, 0.29) is 17.5 Å². The number of aromatic nitrogens is 3. The standard InChI is InChI=1S/C22H19ClF3N5O5/c1-35-16(32)12-2-8-15(9-3-12)27-17-28-18(30-19(29-17)36-22(33,34)21(24,25)26)31-20(10-11-20)13-4-6-14(23)7-5-13/h2-9,33-34H,10-11H2,1H3,(H2,27,28,29,30,31). The topological polar surface area (TPSA) is 139 Å². The van der Waals surface area contributed by atoms with Gasteiger partial charge >= 0.3 is 24.1 Å². The molecule has 10 nitrogen and oxygen atoms in total. The van der Waals surface area contributed by atoms with Gasteiger partial charge in [0.25, 0.3) is 0 Å². The number of hydrogen-bond donors (Lipinski definition) is 4. The van der Waals surface area contributed by atoms with E-state index in [1.807, 2.05) is 0 Å². The smallest absolute Gasteiger partial charge is 0.465 e. The third-order valence-corrected chi connectivity index (χ3v) is 5.53. The number of halogens is 4. The number of ether oxygens (including phenoxy) is 2. The van der Waals surface area contributed by atoms with Gasteiger partial charge in [0.05, 0.1) is 18.2 Å². The molecule has 14 heteroatoms. The molecule has 4 N–H and O–H groups in total. The molecule has 2 aromatic carbocycles. The van der Waals surface area contributed by atoms with Crippen LogP contribution in [0.4, 0.5) is 30.8 Å². The Balaban J connectivity index is 1.64. The Labute approximate surface area is 207 Å². The van der Waals surface area contributed by atoms with Crippen molar-refractivity contribution in [2.75, 3.05) is 17.7 Å². The summed E-state index contributed by atoms with van der Waals surface area (Å²) < 4.78 is 47.8. The van der Waals surface area contributed by atoms with E-state index in [4.69, 9.17) is 11.6 Å². The van der Waals surface area contributed by atoms with Gasteiger partial charge in [-0.1, -0.05) is 23.7 Å². The normalized spacial score (nSPS) is 14.6. The molecule has 0 spiro atoms. The third-order valence-electron chi connectivity index (χ3n) is 5.28. The van der Waals surface area contributed by atoms with Crippen LogP contribution in [0.25, 0.3) is 0 Å². The van der Waals surface area contributed by atoms with Crippen molar-refractivity contribution in [2.24, 2.45) is 0 Å². The largest absolute Gasteiger partial charge is 0.486 e. The number of methoxy groups -OCH3 is 1. The second-order valence-corrected chi connectivity index (χ2v) is 8.32. The number of nitrogens with zero attached hydrogens (tertiary/aromatic N) is 3. The molecule has 1 aliphatic rings. The fourth-order valence-electron chi connectivity index (χ4n) is 3.23. The highest BCUT2D eigenvalue weighted by molar-refractivity contribution is 6.30. The van der Waals surface area contributed by atoms with Crippen LogP contribution in [0, 0.1) is 0 Å². The summed E-state index contributed by atoms with van der Waals surface area (Å²) in [5.41, 5.74) is 0.859. The van der Waals surface area contributed by atoms with Gasteiger partial charge in [-0.25, -0.2) is 4.79 Å². The number of alkyl halides is 3. The molecule has 0 unspecified atom stereocenters. The molecule has 190 valence electrons. The van der Waals surface area contributed by atoms with E-state index in [1.165, 1.54) is 31.4 Å². The van der Waals surface area contributed by atoms with Crippen molar-refractivity contribution in [3.63, 3.8) is 0 Å². The van der Waals surface area contributed by atoms with Crippen molar-refractivity contribution in [2.45, 2.75) is 30.5 Å². The lowest BCUT2D eigenvalue weighted by Gasteiger charge is -2.24. The van der Waals surface area contributed by atoms with Crippen LogP contribution in [0.15, 0.2) is 48.5 Å². The Bertz CT molecular complexity index is 1250. The predicted octanol–water partition coefficient (Wildman–Crippen LogP) is 3.74. The van der Waals surface area contributed by atoms with Crippen molar-refractivity contribution < 1.29 is 37.7 Å². The van der Waals surface area contributed by atoms with Crippen molar-refractivity contribution in [3.05, 3.63) is 64.7 Å². The summed E-state index contributed by atoms with van der Waals surface area (Å²) in [7, 11) is 1.23. The summed E-state index contributed by atoms with van der Waals surface area (Å²) in [6.07, 6.45) is -4.22. The SMILES string of the molecule is COC(=O)c1ccc(Nc2nc(NC3(c4ccc(Cl)cc4)CC3)nc(OC(O)(O)C(F)(F)F)n2)cc1. The van der Waals surface area contributed by atoms with Crippen molar-refractivity contribution in [3.8, 4) is 6.01 Å². The molecule has 1 fully saturated rings. The van der Waals surface area contributed by atoms with E-state index in [0.29, 0.717) is 23.6 Å². The molecule has 0 radical (unpaired) electrons. The number of hydrogen-bond acceptors (Lipinski definition) is 10. The van der Waals surface area contributed by atoms with Crippen LogP contribution >= 0.6 is 11.6 Å². The molecule has 1 saturated carbocycles. The Kier molecular flexibility index (Phi) is 6.64. The van der Waals surface area contributed by atoms with Gasteiger partial charge in [-0.05, 0) is 54.8 Å².